The van der Waals surface area contributed by atoms with Crippen molar-refractivity contribution < 1.29 is 18.0 Å². The van der Waals surface area contributed by atoms with Crippen LogP contribution in [0.15, 0.2) is 77.3 Å². The van der Waals surface area contributed by atoms with Crippen molar-refractivity contribution in [2.24, 2.45) is 0 Å². The number of halogens is 3. The van der Waals surface area contributed by atoms with E-state index in [1.165, 1.54) is 23.1 Å². The van der Waals surface area contributed by atoms with Crippen LogP contribution in [0.3, 0.4) is 0 Å². The molecule has 0 heterocycles. The number of amides is 2. The van der Waals surface area contributed by atoms with Crippen molar-refractivity contribution in [1.29, 1.82) is 0 Å². The Balaban J connectivity index is 2.06. The molecule has 3 aromatic carbocycles. The molecule has 7 nitrogen and oxygen atoms in total. The summed E-state index contributed by atoms with van der Waals surface area (Å²) in [4.78, 5) is 29.2. The summed E-state index contributed by atoms with van der Waals surface area (Å²) in [6.07, 6.45) is 1.97. The zero-order chi connectivity index (χ0) is 29.4. The van der Waals surface area contributed by atoms with Crippen molar-refractivity contribution in [2.45, 2.75) is 45.3 Å². The van der Waals surface area contributed by atoms with Crippen LogP contribution in [0.1, 0.15) is 31.4 Å². The molecule has 0 aliphatic carbocycles. The Bertz CT molecular complexity index is 1420. The molecule has 1 N–H and O–H groups in total. The molecule has 214 valence electrons. The molecule has 3 aromatic rings. The summed E-state index contributed by atoms with van der Waals surface area (Å²) in [6.45, 7) is 3.42. The summed E-state index contributed by atoms with van der Waals surface area (Å²) in [6, 6.07) is 20.1. The first-order chi connectivity index (χ1) is 18.9. The molecular formula is C29H32BrCl2N3O4S. The number of anilines is 1. The zero-order valence-electron chi connectivity index (χ0n) is 22.5. The summed E-state index contributed by atoms with van der Waals surface area (Å²) < 4.78 is 27.5. The number of nitrogens with zero attached hydrogens (tertiary/aromatic N) is 2. The van der Waals surface area contributed by atoms with Gasteiger partial charge < -0.3 is 10.2 Å². The third kappa shape index (κ3) is 8.96. The van der Waals surface area contributed by atoms with E-state index in [9.17, 15) is 18.0 Å². The highest BCUT2D eigenvalue weighted by Gasteiger charge is 2.33. The highest BCUT2D eigenvalue weighted by atomic mass is 79.9. The SMILES string of the molecule is CC[C@H](C)NC(=O)[C@@H](Cc1ccccc1)N(Cc1ccc(Br)cc1)C(=O)CN(c1ccc(Cl)c(Cl)c1)S(C)(=O)=O. The normalized spacial score (nSPS) is 12.8. The van der Waals surface area contributed by atoms with Gasteiger partial charge in [0.1, 0.15) is 12.6 Å². The summed E-state index contributed by atoms with van der Waals surface area (Å²) in [5.74, 6) is -0.858. The number of benzene rings is 3. The maximum absolute atomic E-state index is 14.1. The van der Waals surface area contributed by atoms with E-state index >= 15 is 0 Å². The second-order valence-electron chi connectivity index (χ2n) is 9.54. The minimum Gasteiger partial charge on any atom is -0.352 e. The molecule has 2 atom stereocenters. The number of carbonyl (C=O) groups is 2. The summed E-state index contributed by atoms with van der Waals surface area (Å²) in [5.41, 5.74) is 1.84. The van der Waals surface area contributed by atoms with Crippen LogP contribution in [0, 0.1) is 0 Å². The van der Waals surface area contributed by atoms with E-state index in [0.717, 1.165) is 26.2 Å². The van der Waals surface area contributed by atoms with E-state index in [4.69, 9.17) is 23.2 Å². The lowest BCUT2D eigenvalue weighted by Crippen LogP contribution is -2.54. The standard InChI is InChI=1S/C29H32BrCl2N3O4S/c1-4-20(2)33-29(37)27(16-21-8-6-5-7-9-21)34(18-22-10-12-23(30)13-11-22)28(36)19-35(40(3,38)39)24-14-15-25(31)26(32)17-24/h5-15,17,20,27H,4,16,18-19H2,1-3H3,(H,33,37)/t20-,27+/m0/s1. The van der Waals surface area contributed by atoms with E-state index in [1.807, 2.05) is 68.4 Å². The Hall–Kier alpha value is -2.59. The quantitative estimate of drug-likeness (QED) is 0.254. The largest absolute Gasteiger partial charge is 0.352 e. The molecule has 11 heteroatoms. The van der Waals surface area contributed by atoms with Crippen LogP contribution in [-0.4, -0.2) is 50.0 Å². The smallest absolute Gasteiger partial charge is 0.244 e. The van der Waals surface area contributed by atoms with Crippen molar-refractivity contribution >= 4 is 66.7 Å². The molecule has 40 heavy (non-hydrogen) atoms. The fourth-order valence-corrected chi connectivity index (χ4v) is 5.43. The van der Waals surface area contributed by atoms with Gasteiger partial charge in [-0.2, -0.15) is 0 Å². The Morgan fingerprint density at radius 1 is 0.950 bits per heavy atom. The van der Waals surface area contributed by atoms with Crippen molar-refractivity contribution in [2.75, 3.05) is 17.1 Å². The Labute approximate surface area is 254 Å². The van der Waals surface area contributed by atoms with E-state index < -0.39 is 28.5 Å². The van der Waals surface area contributed by atoms with Crippen LogP contribution in [0.2, 0.25) is 10.0 Å². The number of hydrogen-bond acceptors (Lipinski definition) is 4. The van der Waals surface area contributed by atoms with Gasteiger partial charge in [-0.15, -0.1) is 0 Å². The molecule has 0 fully saturated rings. The van der Waals surface area contributed by atoms with Crippen molar-refractivity contribution in [3.8, 4) is 0 Å². The lowest BCUT2D eigenvalue weighted by Gasteiger charge is -2.34. The monoisotopic (exact) mass is 667 g/mol. The second kappa shape index (κ2) is 14.3. The van der Waals surface area contributed by atoms with Crippen LogP contribution >= 0.6 is 39.1 Å². The summed E-state index contributed by atoms with van der Waals surface area (Å²) >= 11 is 15.6. The first kappa shape index (κ1) is 31.9. The lowest BCUT2D eigenvalue weighted by molar-refractivity contribution is -0.140. The molecule has 0 saturated carbocycles. The highest BCUT2D eigenvalue weighted by molar-refractivity contribution is 9.10. The number of nitrogens with one attached hydrogen (secondary N) is 1. The Kier molecular flexibility index (Phi) is 11.5. The topological polar surface area (TPSA) is 86.8 Å². The van der Waals surface area contributed by atoms with E-state index in [-0.39, 0.29) is 40.6 Å². The number of carbonyl (C=O) groups excluding carboxylic acids is 2. The van der Waals surface area contributed by atoms with E-state index in [2.05, 4.69) is 21.2 Å². The van der Waals surface area contributed by atoms with Gasteiger partial charge in [0.25, 0.3) is 0 Å². The molecule has 0 aliphatic rings. The van der Waals surface area contributed by atoms with Crippen molar-refractivity contribution in [1.82, 2.24) is 10.2 Å². The minimum absolute atomic E-state index is 0.0938. The van der Waals surface area contributed by atoms with Gasteiger partial charge in [-0.1, -0.05) is 88.5 Å². The van der Waals surface area contributed by atoms with Crippen molar-refractivity contribution in [3.05, 3.63) is 98.4 Å². The van der Waals surface area contributed by atoms with Gasteiger partial charge in [0.15, 0.2) is 0 Å². The molecular weight excluding hydrogens is 637 g/mol. The molecule has 0 bridgehead atoms. The van der Waals surface area contributed by atoms with Crippen LogP contribution in [0.5, 0.6) is 0 Å². The molecule has 0 aliphatic heterocycles. The zero-order valence-corrected chi connectivity index (χ0v) is 26.4. The fraction of sp³-hybridized carbons (Fsp3) is 0.310. The lowest BCUT2D eigenvalue weighted by atomic mass is 10.0. The van der Waals surface area contributed by atoms with Gasteiger partial charge in [-0.25, -0.2) is 8.42 Å². The van der Waals surface area contributed by atoms with Gasteiger partial charge in [-0.3, -0.25) is 13.9 Å². The molecule has 0 aromatic heterocycles. The van der Waals surface area contributed by atoms with Crippen LogP contribution in [-0.2, 0) is 32.6 Å². The number of hydrogen-bond donors (Lipinski definition) is 1. The van der Waals surface area contributed by atoms with Gasteiger partial charge in [0.2, 0.25) is 21.8 Å². The average Bonchev–Trinajstić information content (AvgIpc) is 2.91. The van der Waals surface area contributed by atoms with Crippen molar-refractivity contribution in [3.63, 3.8) is 0 Å². The Morgan fingerprint density at radius 3 is 2.17 bits per heavy atom. The van der Waals surface area contributed by atoms with Crippen LogP contribution in [0.25, 0.3) is 0 Å². The summed E-state index contributed by atoms with van der Waals surface area (Å²) in [7, 11) is -3.91. The van der Waals surface area contributed by atoms with Crippen LogP contribution < -0.4 is 9.62 Å². The minimum atomic E-state index is -3.91. The number of rotatable bonds is 12. The third-order valence-electron chi connectivity index (χ3n) is 6.41. The molecule has 0 saturated heterocycles. The first-order valence-electron chi connectivity index (χ1n) is 12.7. The Morgan fingerprint density at radius 2 is 1.60 bits per heavy atom. The molecule has 3 rings (SSSR count). The van der Waals surface area contributed by atoms with Crippen LogP contribution in [0.4, 0.5) is 5.69 Å². The third-order valence-corrected chi connectivity index (χ3v) is 8.82. The molecule has 0 radical (unpaired) electrons. The van der Waals surface area contributed by atoms with Gasteiger partial charge >= 0.3 is 0 Å². The maximum Gasteiger partial charge on any atom is 0.244 e. The highest BCUT2D eigenvalue weighted by Crippen LogP contribution is 2.29. The van der Waals surface area contributed by atoms with Gasteiger partial charge in [-0.05, 0) is 54.8 Å². The second-order valence-corrected chi connectivity index (χ2v) is 13.2. The number of sulfonamides is 1. The molecule has 0 unspecified atom stereocenters. The first-order valence-corrected chi connectivity index (χ1v) is 16.1. The molecule has 0 spiro atoms. The van der Waals surface area contributed by atoms with E-state index in [1.54, 1.807) is 0 Å². The van der Waals surface area contributed by atoms with E-state index in [0.29, 0.717) is 6.42 Å². The maximum atomic E-state index is 14.1. The molecule has 2 amide bonds. The van der Waals surface area contributed by atoms with Gasteiger partial charge in [0.05, 0.1) is 22.0 Å². The predicted molar refractivity (Wildman–Crippen MR) is 165 cm³/mol. The predicted octanol–water partition coefficient (Wildman–Crippen LogP) is 6.08. The average molecular weight is 669 g/mol. The van der Waals surface area contributed by atoms with Gasteiger partial charge in [0, 0.05) is 23.5 Å². The fourth-order valence-electron chi connectivity index (χ4n) is 4.04. The summed E-state index contributed by atoms with van der Waals surface area (Å²) in [5, 5.41) is 3.42.